The average Bonchev–Trinajstić information content (AvgIpc) is 2.88. The molecule has 4 unspecified atom stereocenters. The summed E-state index contributed by atoms with van der Waals surface area (Å²) in [4.78, 5) is 2.82. The van der Waals surface area contributed by atoms with E-state index in [0.29, 0.717) is 23.8 Å². The Bertz CT molecular complexity index is 749. The van der Waals surface area contributed by atoms with Crippen molar-refractivity contribution in [2.24, 2.45) is 5.92 Å². The maximum Gasteiger partial charge on any atom is 0.134 e. The van der Waals surface area contributed by atoms with Crippen molar-refractivity contribution in [2.45, 2.75) is 63.5 Å². The molecule has 3 fully saturated rings. The summed E-state index contributed by atoms with van der Waals surface area (Å²) in [6.07, 6.45) is 7.60. The van der Waals surface area contributed by atoms with Crippen LogP contribution >= 0.6 is 0 Å². The minimum absolute atomic E-state index is 0.349. The number of phenols is 1. The van der Waals surface area contributed by atoms with E-state index in [4.69, 9.17) is 4.42 Å². The average molecular weight is 311 g/mol. The van der Waals surface area contributed by atoms with E-state index in [2.05, 4.69) is 11.8 Å². The summed E-state index contributed by atoms with van der Waals surface area (Å²) in [5.74, 6) is 3.00. The van der Waals surface area contributed by atoms with E-state index in [1.165, 1.54) is 50.0 Å². The maximum atomic E-state index is 9.93. The third kappa shape index (κ3) is 1.99. The van der Waals surface area contributed by atoms with Crippen LogP contribution in [0.15, 0.2) is 22.6 Å². The Morgan fingerprint density at radius 3 is 3.04 bits per heavy atom. The van der Waals surface area contributed by atoms with E-state index in [0.717, 1.165) is 23.3 Å². The van der Waals surface area contributed by atoms with Crippen LogP contribution in [0.1, 0.15) is 56.3 Å². The highest BCUT2D eigenvalue weighted by Crippen LogP contribution is 2.50. The van der Waals surface area contributed by atoms with Crippen LogP contribution in [0.4, 0.5) is 0 Å². The number of nitrogens with zero attached hydrogens (tertiary/aromatic N) is 1. The number of phenolic OH excluding ortho intramolecular Hbond substituents is 1. The van der Waals surface area contributed by atoms with Crippen LogP contribution in [0.3, 0.4) is 0 Å². The van der Waals surface area contributed by atoms with Gasteiger partial charge in [0, 0.05) is 35.5 Å². The Morgan fingerprint density at radius 2 is 2.22 bits per heavy atom. The molecule has 1 aromatic carbocycles. The molecule has 6 rings (SSSR count). The third-order valence-corrected chi connectivity index (χ3v) is 6.49. The van der Waals surface area contributed by atoms with Gasteiger partial charge in [0.05, 0.1) is 0 Å². The van der Waals surface area contributed by atoms with Crippen molar-refractivity contribution >= 4 is 11.0 Å². The van der Waals surface area contributed by atoms with E-state index in [1.807, 2.05) is 12.1 Å². The van der Waals surface area contributed by atoms with Crippen LogP contribution in [0, 0.1) is 5.92 Å². The van der Waals surface area contributed by atoms with Crippen molar-refractivity contribution in [1.82, 2.24) is 4.90 Å². The predicted molar refractivity (Wildman–Crippen MR) is 90.9 cm³/mol. The fourth-order valence-corrected chi connectivity index (χ4v) is 5.56. The summed E-state index contributed by atoms with van der Waals surface area (Å²) in [6.45, 7) is 3.59. The molecule has 2 saturated heterocycles. The lowest BCUT2D eigenvalue weighted by atomic mass is 9.71. The van der Waals surface area contributed by atoms with Gasteiger partial charge in [0.2, 0.25) is 0 Å². The van der Waals surface area contributed by atoms with Crippen LogP contribution in [0.25, 0.3) is 11.0 Å². The van der Waals surface area contributed by atoms with Crippen molar-refractivity contribution in [3.63, 3.8) is 0 Å². The zero-order chi connectivity index (χ0) is 15.6. The first-order chi connectivity index (χ1) is 11.2. The van der Waals surface area contributed by atoms with Gasteiger partial charge in [-0.15, -0.1) is 0 Å². The lowest BCUT2D eigenvalue weighted by molar-refractivity contribution is -0.00332. The van der Waals surface area contributed by atoms with Crippen molar-refractivity contribution < 1.29 is 9.52 Å². The van der Waals surface area contributed by atoms with Crippen LogP contribution in [-0.2, 0) is 6.42 Å². The number of rotatable bonds is 2. The zero-order valence-corrected chi connectivity index (χ0v) is 13.8. The van der Waals surface area contributed by atoms with Gasteiger partial charge in [-0.1, -0.05) is 13.3 Å². The molecule has 3 aliphatic heterocycles. The minimum atomic E-state index is 0.349. The number of fused-ring (bicyclic) bond motifs is 4. The molecule has 23 heavy (non-hydrogen) atoms. The lowest BCUT2D eigenvalue weighted by Gasteiger charge is -2.51. The van der Waals surface area contributed by atoms with E-state index < -0.39 is 0 Å². The molecule has 1 aliphatic carbocycles. The fourth-order valence-electron chi connectivity index (χ4n) is 5.56. The van der Waals surface area contributed by atoms with Gasteiger partial charge in [0.25, 0.3) is 0 Å². The van der Waals surface area contributed by atoms with Gasteiger partial charge in [0.15, 0.2) is 0 Å². The van der Waals surface area contributed by atoms with Crippen LogP contribution in [0.2, 0.25) is 0 Å². The molecule has 4 aliphatic rings. The summed E-state index contributed by atoms with van der Waals surface area (Å²) in [5, 5.41) is 11.1. The minimum Gasteiger partial charge on any atom is -0.508 e. The monoisotopic (exact) mass is 311 g/mol. The van der Waals surface area contributed by atoms with E-state index in [9.17, 15) is 5.11 Å². The fraction of sp³-hybridized carbons (Fsp3) is 0.600. The van der Waals surface area contributed by atoms with Gasteiger partial charge in [-0.25, -0.2) is 0 Å². The van der Waals surface area contributed by atoms with Crippen LogP contribution in [0.5, 0.6) is 5.75 Å². The number of hydrogen-bond acceptors (Lipinski definition) is 3. The van der Waals surface area contributed by atoms with E-state index in [-0.39, 0.29) is 0 Å². The molecule has 1 aromatic heterocycles. The Kier molecular flexibility index (Phi) is 3.03. The number of benzene rings is 1. The summed E-state index contributed by atoms with van der Waals surface area (Å²) in [7, 11) is 0. The highest BCUT2D eigenvalue weighted by Gasteiger charge is 2.48. The van der Waals surface area contributed by atoms with Gasteiger partial charge in [0.1, 0.15) is 17.1 Å². The molecule has 1 N–H and O–H groups in total. The number of aromatic hydroxyl groups is 1. The van der Waals surface area contributed by atoms with Gasteiger partial charge >= 0.3 is 0 Å². The van der Waals surface area contributed by atoms with Gasteiger partial charge in [-0.2, -0.15) is 0 Å². The smallest absolute Gasteiger partial charge is 0.134 e. The topological polar surface area (TPSA) is 36.6 Å². The summed E-state index contributed by atoms with van der Waals surface area (Å²) in [5.41, 5.74) is 2.34. The van der Waals surface area contributed by atoms with Crippen molar-refractivity contribution in [3.05, 3.63) is 29.5 Å². The Hall–Kier alpha value is -1.48. The highest BCUT2D eigenvalue weighted by atomic mass is 16.3. The molecule has 0 radical (unpaired) electrons. The molecule has 4 heterocycles. The standard InChI is InChI=1S/C20H25NO2/c1-2-3-13-9-16-15-10-14(22)5-7-19(15)23-20(16)17-8-12-4-6-18(17)21(13)11-12/h5,7,10,12-13,17-18,22H,2-4,6,8-9,11H2,1H3/t12?,13-,17?,18?/m0/s1. The number of piperidine rings is 2. The lowest BCUT2D eigenvalue weighted by Crippen LogP contribution is -2.55. The van der Waals surface area contributed by atoms with Crippen molar-refractivity contribution in [2.75, 3.05) is 6.54 Å². The number of furan rings is 1. The predicted octanol–water partition coefficient (Wildman–Crippen LogP) is 4.43. The molecule has 1 saturated carbocycles. The van der Waals surface area contributed by atoms with E-state index in [1.54, 1.807) is 6.07 Å². The molecular weight excluding hydrogens is 286 g/mol. The molecule has 2 aromatic rings. The van der Waals surface area contributed by atoms with Crippen LogP contribution in [-0.4, -0.2) is 28.6 Å². The largest absolute Gasteiger partial charge is 0.508 e. The molecule has 3 heteroatoms. The van der Waals surface area contributed by atoms with Crippen LogP contribution < -0.4 is 0 Å². The second-order valence-corrected chi connectivity index (χ2v) is 7.82. The molecule has 5 atom stereocenters. The summed E-state index contributed by atoms with van der Waals surface area (Å²) < 4.78 is 6.35. The molecular formula is C20H25NO2. The summed E-state index contributed by atoms with van der Waals surface area (Å²) >= 11 is 0. The molecule has 122 valence electrons. The van der Waals surface area contributed by atoms with Crippen molar-refractivity contribution in [1.29, 1.82) is 0 Å². The normalized spacial score (nSPS) is 35.3. The first-order valence-electron chi connectivity index (χ1n) is 9.24. The third-order valence-electron chi connectivity index (χ3n) is 6.49. The Balaban J connectivity index is 1.69. The zero-order valence-electron chi connectivity index (χ0n) is 13.8. The molecule has 4 bridgehead atoms. The maximum absolute atomic E-state index is 9.93. The summed E-state index contributed by atoms with van der Waals surface area (Å²) in [6, 6.07) is 6.90. The molecule has 3 nitrogen and oxygen atoms in total. The molecule has 0 amide bonds. The number of hydrogen-bond donors (Lipinski definition) is 1. The quantitative estimate of drug-likeness (QED) is 0.891. The van der Waals surface area contributed by atoms with Crippen molar-refractivity contribution in [3.8, 4) is 5.75 Å². The Labute approximate surface area is 137 Å². The van der Waals surface area contributed by atoms with E-state index >= 15 is 0 Å². The SMILES string of the molecule is CCC[C@H]1Cc2c(oc3ccc(O)cc23)C2CC3CCC2N1C3. The second-order valence-electron chi connectivity index (χ2n) is 7.82. The van der Waals surface area contributed by atoms with Gasteiger partial charge < -0.3 is 9.52 Å². The second kappa shape index (κ2) is 5.01. The first-order valence-corrected chi connectivity index (χ1v) is 9.24. The van der Waals surface area contributed by atoms with Gasteiger partial charge in [-0.3, -0.25) is 4.90 Å². The first kappa shape index (κ1) is 13.9. The highest BCUT2D eigenvalue weighted by molar-refractivity contribution is 5.84. The van der Waals surface area contributed by atoms with Gasteiger partial charge in [-0.05, 0) is 56.2 Å². The Morgan fingerprint density at radius 1 is 1.30 bits per heavy atom. The molecule has 0 spiro atoms.